The van der Waals surface area contributed by atoms with Crippen molar-refractivity contribution in [2.75, 3.05) is 33.1 Å². The quantitative estimate of drug-likeness (QED) is 0.390. The number of halogens is 1. The molecule has 0 bridgehead atoms. The van der Waals surface area contributed by atoms with E-state index in [1.807, 2.05) is 12.1 Å². The Hall–Kier alpha value is -3.89. The first-order chi connectivity index (χ1) is 20.5. The summed E-state index contributed by atoms with van der Waals surface area (Å²) in [5.41, 5.74) is 1.27. The molecule has 0 spiro atoms. The number of hydrogen-bond acceptors (Lipinski definition) is 7. The summed E-state index contributed by atoms with van der Waals surface area (Å²) in [6.45, 7) is 3.66. The average molecular weight is 578 g/mol. The highest BCUT2D eigenvalue weighted by molar-refractivity contribution is 5.96. The summed E-state index contributed by atoms with van der Waals surface area (Å²) in [5.74, 6) is 0.843. The van der Waals surface area contributed by atoms with Crippen molar-refractivity contribution in [2.45, 2.75) is 57.3 Å². The van der Waals surface area contributed by atoms with Crippen molar-refractivity contribution in [2.24, 2.45) is 0 Å². The SMILES string of the molecule is O=C(NC1CCCCC1)[C@@H](c1ccc(F)cc1)N(Cc1ccc2c(c1)OCO2)C(=O)c1ccc(CN2CCOCC2)o1. The number of carbonyl (C=O) groups is 2. The summed E-state index contributed by atoms with van der Waals surface area (Å²) < 4.78 is 36.5. The van der Waals surface area contributed by atoms with Gasteiger partial charge in [-0.2, -0.15) is 0 Å². The van der Waals surface area contributed by atoms with Gasteiger partial charge in [-0.15, -0.1) is 0 Å². The number of fused-ring (bicyclic) bond motifs is 1. The first-order valence-electron chi connectivity index (χ1n) is 14.7. The van der Waals surface area contributed by atoms with Crippen molar-refractivity contribution in [3.8, 4) is 11.5 Å². The lowest BCUT2D eigenvalue weighted by Crippen LogP contribution is -2.46. The highest BCUT2D eigenvalue weighted by Gasteiger charge is 2.35. The van der Waals surface area contributed by atoms with Crippen LogP contribution in [-0.4, -0.2) is 60.8 Å². The van der Waals surface area contributed by atoms with Gasteiger partial charge in [0.2, 0.25) is 12.7 Å². The van der Waals surface area contributed by atoms with E-state index in [0.29, 0.717) is 42.6 Å². The molecule has 6 rings (SSSR count). The topological polar surface area (TPSA) is 93.5 Å². The van der Waals surface area contributed by atoms with Crippen LogP contribution >= 0.6 is 0 Å². The molecule has 1 aromatic heterocycles. The van der Waals surface area contributed by atoms with Gasteiger partial charge in [0.15, 0.2) is 17.3 Å². The molecule has 1 saturated carbocycles. The minimum Gasteiger partial charge on any atom is -0.455 e. The number of rotatable bonds is 9. The minimum absolute atomic E-state index is 0.0282. The predicted octanol–water partition coefficient (Wildman–Crippen LogP) is 4.81. The second kappa shape index (κ2) is 13.0. The third-order valence-electron chi connectivity index (χ3n) is 8.10. The van der Waals surface area contributed by atoms with Crippen molar-refractivity contribution < 1.29 is 32.6 Å². The van der Waals surface area contributed by atoms with Crippen LogP contribution in [0, 0.1) is 5.82 Å². The van der Waals surface area contributed by atoms with Crippen molar-refractivity contribution in [3.63, 3.8) is 0 Å². The van der Waals surface area contributed by atoms with Gasteiger partial charge in [-0.1, -0.05) is 37.5 Å². The van der Waals surface area contributed by atoms with Crippen LogP contribution in [0.25, 0.3) is 0 Å². The zero-order valence-corrected chi connectivity index (χ0v) is 23.6. The Bertz CT molecular complexity index is 1380. The second-order valence-corrected chi connectivity index (χ2v) is 11.1. The van der Waals surface area contributed by atoms with Crippen LogP contribution in [0.15, 0.2) is 59.0 Å². The van der Waals surface area contributed by atoms with E-state index in [4.69, 9.17) is 18.6 Å². The van der Waals surface area contributed by atoms with Crippen LogP contribution in [0.1, 0.15) is 65.6 Å². The summed E-state index contributed by atoms with van der Waals surface area (Å²) >= 11 is 0. The van der Waals surface area contributed by atoms with Gasteiger partial charge in [0.05, 0.1) is 19.8 Å². The largest absolute Gasteiger partial charge is 0.455 e. The van der Waals surface area contributed by atoms with Crippen LogP contribution in [0.5, 0.6) is 11.5 Å². The number of nitrogens with one attached hydrogen (secondary N) is 1. The normalized spacial score (nSPS) is 18.0. The standard InChI is InChI=1S/C32H36FN3O6/c33-24-9-7-23(8-10-24)30(31(37)34-25-4-2-1-3-5-25)36(19-22-6-12-27-29(18-22)41-21-40-27)32(38)28-13-11-26(42-28)20-35-14-16-39-17-15-35/h6-13,18,25,30H,1-5,14-17,19-21H2,(H,34,37)/t30-/m1/s1. The molecular weight excluding hydrogens is 541 g/mol. The number of amides is 2. The maximum atomic E-state index is 14.3. The number of nitrogens with zero attached hydrogens (tertiary/aromatic N) is 2. The molecule has 42 heavy (non-hydrogen) atoms. The van der Waals surface area contributed by atoms with E-state index < -0.39 is 17.8 Å². The van der Waals surface area contributed by atoms with Crippen molar-refractivity contribution in [1.82, 2.24) is 15.1 Å². The van der Waals surface area contributed by atoms with Gasteiger partial charge >= 0.3 is 0 Å². The second-order valence-electron chi connectivity index (χ2n) is 11.1. The molecule has 2 amide bonds. The number of benzene rings is 2. The number of furan rings is 1. The lowest BCUT2D eigenvalue weighted by molar-refractivity contribution is -0.127. The van der Waals surface area contributed by atoms with Gasteiger partial charge in [0, 0.05) is 25.7 Å². The number of ether oxygens (including phenoxy) is 3. The van der Waals surface area contributed by atoms with Crippen LogP contribution in [0.2, 0.25) is 0 Å². The Balaban J connectivity index is 1.33. The first kappa shape index (κ1) is 28.2. The molecule has 0 unspecified atom stereocenters. The zero-order chi connectivity index (χ0) is 28.9. The molecule has 2 fully saturated rings. The Kier molecular flexibility index (Phi) is 8.71. The number of morpholine rings is 1. The molecular formula is C32H36FN3O6. The highest BCUT2D eigenvalue weighted by Crippen LogP contribution is 2.34. The third kappa shape index (κ3) is 6.60. The van der Waals surface area contributed by atoms with Crippen molar-refractivity contribution in [1.29, 1.82) is 0 Å². The fourth-order valence-electron chi connectivity index (χ4n) is 5.86. The van der Waals surface area contributed by atoms with Crippen LogP contribution in [0.3, 0.4) is 0 Å². The van der Waals surface area contributed by atoms with Gasteiger partial charge in [0.1, 0.15) is 17.6 Å². The van der Waals surface area contributed by atoms with Crippen molar-refractivity contribution in [3.05, 3.63) is 83.1 Å². The lowest BCUT2D eigenvalue weighted by Gasteiger charge is -2.33. The van der Waals surface area contributed by atoms with Crippen LogP contribution in [0.4, 0.5) is 4.39 Å². The molecule has 1 aliphatic carbocycles. The molecule has 3 aliphatic rings. The Morgan fingerprint density at radius 3 is 2.50 bits per heavy atom. The van der Waals surface area contributed by atoms with Gasteiger partial charge < -0.3 is 28.8 Å². The Morgan fingerprint density at radius 1 is 0.952 bits per heavy atom. The Morgan fingerprint density at radius 2 is 1.71 bits per heavy atom. The Labute approximate surface area is 244 Å². The van der Waals surface area contributed by atoms with Gasteiger partial charge in [0.25, 0.3) is 5.91 Å². The van der Waals surface area contributed by atoms with Gasteiger partial charge in [-0.05, 0) is 60.4 Å². The summed E-state index contributed by atoms with van der Waals surface area (Å²) in [6.07, 6.45) is 5.02. The van der Waals surface area contributed by atoms with E-state index in [9.17, 15) is 14.0 Å². The van der Waals surface area contributed by atoms with E-state index in [1.165, 1.54) is 17.0 Å². The molecule has 2 aliphatic heterocycles. The van der Waals surface area contributed by atoms with Crippen LogP contribution < -0.4 is 14.8 Å². The van der Waals surface area contributed by atoms with E-state index in [2.05, 4.69) is 10.2 Å². The summed E-state index contributed by atoms with van der Waals surface area (Å²) in [6, 6.07) is 13.7. The van der Waals surface area contributed by atoms with E-state index in [1.54, 1.807) is 30.3 Å². The third-order valence-corrected chi connectivity index (χ3v) is 8.10. The maximum Gasteiger partial charge on any atom is 0.290 e. The first-order valence-corrected chi connectivity index (χ1v) is 14.7. The van der Waals surface area contributed by atoms with Gasteiger partial charge in [-0.25, -0.2) is 4.39 Å². The molecule has 1 atom stereocenters. The smallest absolute Gasteiger partial charge is 0.290 e. The monoisotopic (exact) mass is 577 g/mol. The molecule has 9 nitrogen and oxygen atoms in total. The molecule has 3 heterocycles. The van der Waals surface area contributed by atoms with Crippen LogP contribution in [-0.2, 0) is 22.6 Å². The van der Waals surface area contributed by atoms with Gasteiger partial charge in [-0.3, -0.25) is 14.5 Å². The molecule has 0 radical (unpaired) electrons. The molecule has 222 valence electrons. The van der Waals surface area contributed by atoms with Crippen molar-refractivity contribution >= 4 is 11.8 Å². The van der Waals surface area contributed by atoms with E-state index >= 15 is 0 Å². The van der Waals surface area contributed by atoms with E-state index in [0.717, 1.165) is 50.8 Å². The molecule has 2 aromatic carbocycles. The summed E-state index contributed by atoms with van der Waals surface area (Å²) in [7, 11) is 0. The predicted molar refractivity (Wildman–Crippen MR) is 151 cm³/mol. The zero-order valence-electron chi connectivity index (χ0n) is 23.6. The average Bonchev–Trinajstić information content (AvgIpc) is 3.68. The molecule has 3 aromatic rings. The fraction of sp³-hybridized carbons (Fsp3) is 0.438. The highest BCUT2D eigenvalue weighted by atomic mass is 19.1. The molecule has 10 heteroatoms. The maximum absolute atomic E-state index is 14.3. The fourth-order valence-corrected chi connectivity index (χ4v) is 5.86. The summed E-state index contributed by atoms with van der Waals surface area (Å²) in [5, 5.41) is 3.19. The van der Waals surface area contributed by atoms with E-state index in [-0.39, 0.29) is 31.0 Å². The minimum atomic E-state index is -1.02. The number of hydrogen-bond donors (Lipinski definition) is 1. The molecule has 1 N–H and O–H groups in total. The molecule has 1 saturated heterocycles. The summed E-state index contributed by atoms with van der Waals surface area (Å²) in [4.78, 5) is 32.0. The number of carbonyl (C=O) groups excluding carboxylic acids is 2. The lowest BCUT2D eigenvalue weighted by atomic mass is 9.94.